The van der Waals surface area contributed by atoms with Crippen molar-refractivity contribution in [1.82, 2.24) is 10.2 Å². The molecule has 4 rings (SSSR count). The molecule has 4 fully saturated rings. The molecule has 7 heteroatoms. The van der Waals surface area contributed by atoms with Gasteiger partial charge in [-0.3, -0.25) is 4.79 Å². The second kappa shape index (κ2) is 4.54. The number of esters is 1. The molecule has 0 aromatic carbocycles. The number of ether oxygens (including phenoxy) is 2. The Kier molecular flexibility index (Phi) is 3.08. The molecule has 1 N–H and O–H groups in total. The zero-order valence-electron chi connectivity index (χ0n) is 16.5. The summed E-state index contributed by atoms with van der Waals surface area (Å²) in [4.78, 5) is 39.8. The molecule has 2 saturated heterocycles. The van der Waals surface area contributed by atoms with Crippen LogP contribution in [0.2, 0.25) is 0 Å². The molecule has 2 saturated carbocycles. The molecular formula is C19H28N2O5. The monoisotopic (exact) mass is 364 g/mol. The molecule has 2 aliphatic carbocycles. The first-order chi connectivity index (χ1) is 11.8. The molecule has 0 bridgehead atoms. The van der Waals surface area contributed by atoms with Crippen molar-refractivity contribution in [3.8, 4) is 0 Å². The minimum absolute atomic E-state index is 0.00605. The van der Waals surface area contributed by atoms with Gasteiger partial charge in [-0.1, -0.05) is 20.8 Å². The Morgan fingerprint density at radius 3 is 2.35 bits per heavy atom. The van der Waals surface area contributed by atoms with E-state index in [1.54, 1.807) is 25.7 Å². The topological polar surface area (TPSA) is 84.9 Å². The number of amides is 2. The smallest absolute Gasteiger partial charge is 0.408 e. The predicted octanol–water partition coefficient (Wildman–Crippen LogP) is 1.70. The Balaban J connectivity index is 1.65. The molecule has 2 amide bonds. The quantitative estimate of drug-likeness (QED) is 0.754. The van der Waals surface area contributed by atoms with Gasteiger partial charge in [-0.15, -0.1) is 0 Å². The maximum atomic E-state index is 13.3. The van der Waals surface area contributed by atoms with Gasteiger partial charge >= 0.3 is 12.1 Å². The number of alkyl carbamates (subject to hydrolysis) is 1. The number of hydrogen-bond acceptors (Lipinski definition) is 5. The SMILES string of the molecule is COC(=O)[C@@H]1[C@@H]2[C@H](C3N1C(=O)C1(NC(=O)OC(C)(C)C)CC31C)C2(C)C. The Hall–Kier alpha value is -1.79. The van der Waals surface area contributed by atoms with Crippen LogP contribution in [0.1, 0.15) is 48.0 Å². The summed E-state index contributed by atoms with van der Waals surface area (Å²) < 4.78 is 10.4. The van der Waals surface area contributed by atoms with E-state index in [9.17, 15) is 14.4 Å². The van der Waals surface area contributed by atoms with Gasteiger partial charge in [0.15, 0.2) is 0 Å². The lowest BCUT2D eigenvalue weighted by atomic mass is 9.89. The molecule has 2 aliphatic heterocycles. The Morgan fingerprint density at radius 1 is 1.19 bits per heavy atom. The molecule has 0 radical (unpaired) electrons. The van der Waals surface area contributed by atoms with Crippen LogP contribution in [0.15, 0.2) is 0 Å². The zero-order valence-corrected chi connectivity index (χ0v) is 16.5. The molecule has 144 valence electrons. The number of hydrogen-bond donors (Lipinski definition) is 1. The number of nitrogens with zero attached hydrogens (tertiary/aromatic N) is 1. The lowest BCUT2D eigenvalue weighted by Gasteiger charge is -2.33. The largest absolute Gasteiger partial charge is 0.467 e. The number of fused-ring (bicyclic) bond motifs is 5. The first-order valence-corrected chi connectivity index (χ1v) is 9.23. The predicted molar refractivity (Wildman–Crippen MR) is 92.0 cm³/mol. The third kappa shape index (κ3) is 1.86. The van der Waals surface area contributed by atoms with Gasteiger partial charge in [-0.05, 0) is 38.5 Å². The lowest BCUT2D eigenvalue weighted by Crippen LogP contribution is -2.53. The average Bonchev–Trinajstić information content (AvgIpc) is 3.14. The van der Waals surface area contributed by atoms with Gasteiger partial charge in [0.05, 0.1) is 7.11 Å². The number of piperidine rings is 2. The fourth-order valence-corrected chi connectivity index (χ4v) is 5.90. The summed E-state index contributed by atoms with van der Waals surface area (Å²) in [7, 11) is 1.36. The summed E-state index contributed by atoms with van der Waals surface area (Å²) in [5, 5.41) is 2.84. The van der Waals surface area contributed by atoms with Crippen LogP contribution >= 0.6 is 0 Å². The van der Waals surface area contributed by atoms with Crippen LogP contribution in [0, 0.1) is 22.7 Å². The number of carbonyl (C=O) groups excluding carboxylic acids is 3. The van der Waals surface area contributed by atoms with Gasteiger partial charge in [0.25, 0.3) is 0 Å². The maximum Gasteiger partial charge on any atom is 0.408 e. The van der Waals surface area contributed by atoms with Crippen LogP contribution in [-0.4, -0.2) is 53.2 Å². The van der Waals surface area contributed by atoms with E-state index in [1.807, 2.05) is 6.92 Å². The summed E-state index contributed by atoms with van der Waals surface area (Å²) in [5.74, 6) is -0.154. The first-order valence-electron chi connectivity index (χ1n) is 9.23. The van der Waals surface area contributed by atoms with E-state index in [2.05, 4.69) is 19.2 Å². The van der Waals surface area contributed by atoms with E-state index in [-0.39, 0.29) is 40.6 Å². The highest BCUT2D eigenvalue weighted by atomic mass is 16.6. The second-order valence-corrected chi connectivity index (χ2v) is 10.1. The van der Waals surface area contributed by atoms with Crippen LogP contribution in [0.25, 0.3) is 0 Å². The summed E-state index contributed by atoms with van der Waals surface area (Å²) in [5.41, 5.74) is -1.98. The zero-order chi connectivity index (χ0) is 19.4. The van der Waals surface area contributed by atoms with E-state index >= 15 is 0 Å². The molecule has 0 aromatic heterocycles. The van der Waals surface area contributed by atoms with Gasteiger partial charge in [-0.25, -0.2) is 9.59 Å². The number of rotatable bonds is 2. The number of nitrogens with one attached hydrogen (secondary N) is 1. The van der Waals surface area contributed by atoms with Crippen LogP contribution < -0.4 is 5.32 Å². The van der Waals surface area contributed by atoms with Gasteiger partial charge in [0, 0.05) is 17.4 Å². The van der Waals surface area contributed by atoms with Crippen molar-refractivity contribution in [3.05, 3.63) is 0 Å². The fourth-order valence-electron chi connectivity index (χ4n) is 5.90. The van der Waals surface area contributed by atoms with Crippen molar-refractivity contribution in [2.24, 2.45) is 22.7 Å². The molecule has 2 heterocycles. The van der Waals surface area contributed by atoms with E-state index in [0.717, 1.165) is 0 Å². The number of methoxy groups -OCH3 is 1. The summed E-state index contributed by atoms with van der Waals surface area (Å²) in [6.45, 7) is 11.7. The highest BCUT2D eigenvalue weighted by Crippen LogP contribution is 2.79. The summed E-state index contributed by atoms with van der Waals surface area (Å²) in [6, 6.07) is -0.603. The van der Waals surface area contributed by atoms with Gasteiger partial charge < -0.3 is 19.7 Å². The number of carbonyl (C=O) groups is 3. The van der Waals surface area contributed by atoms with E-state index in [0.29, 0.717) is 6.42 Å². The minimum Gasteiger partial charge on any atom is -0.467 e. The Bertz CT molecular complexity index is 726. The molecule has 4 aliphatic rings. The van der Waals surface area contributed by atoms with Gasteiger partial charge in [-0.2, -0.15) is 0 Å². The van der Waals surface area contributed by atoms with E-state index < -0.39 is 23.3 Å². The van der Waals surface area contributed by atoms with E-state index in [1.165, 1.54) is 7.11 Å². The van der Waals surface area contributed by atoms with Crippen molar-refractivity contribution in [2.75, 3.05) is 7.11 Å². The Morgan fingerprint density at radius 2 is 1.81 bits per heavy atom. The highest BCUT2D eigenvalue weighted by Gasteiger charge is 2.90. The third-order valence-electron chi connectivity index (χ3n) is 7.17. The molecule has 0 spiro atoms. The van der Waals surface area contributed by atoms with Crippen LogP contribution in [0.5, 0.6) is 0 Å². The molecule has 7 nitrogen and oxygen atoms in total. The second-order valence-electron chi connectivity index (χ2n) is 10.1. The van der Waals surface area contributed by atoms with Crippen molar-refractivity contribution < 1.29 is 23.9 Å². The van der Waals surface area contributed by atoms with Gasteiger partial charge in [0.1, 0.15) is 17.2 Å². The molecule has 26 heavy (non-hydrogen) atoms. The highest BCUT2D eigenvalue weighted by molar-refractivity contribution is 6.01. The summed E-state index contributed by atoms with van der Waals surface area (Å²) in [6.07, 6.45) is 0.00358. The fraction of sp³-hybridized carbons (Fsp3) is 0.842. The van der Waals surface area contributed by atoms with Gasteiger partial charge in [0.2, 0.25) is 5.91 Å². The first kappa shape index (κ1) is 17.6. The van der Waals surface area contributed by atoms with Crippen molar-refractivity contribution in [2.45, 2.75) is 71.2 Å². The summed E-state index contributed by atoms with van der Waals surface area (Å²) >= 11 is 0. The van der Waals surface area contributed by atoms with Crippen molar-refractivity contribution in [1.29, 1.82) is 0 Å². The standard InChI is InChI=1S/C19H28N2O5/c1-16(2,3)26-15(24)20-19-8-18(19,6)12-10-9(17(10,4)5)11(13(22)25-7)21(12)14(19)23/h9-12H,8H2,1-7H3,(H,20,24)/t9-,10+,11-,12?,18?,19?/m0/s1. The van der Waals surface area contributed by atoms with Crippen molar-refractivity contribution >= 4 is 18.0 Å². The maximum absolute atomic E-state index is 13.3. The third-order valence-corrected chi connectivity index (χ3v) is 7.17. The Labute approximate surface area is 153 Å². The molecule has 6 atom stereocenters. The van der Waals surface area contributed by atoms with Crippen molar-refractivity contribution in [3.63, 3.8) is 0 Å². The molecule has 0 aromatic rings. The van der Waals surface area contributed by atoms with Crippen LogP contribution in [-0.2, 0) is 19.1 Å². The normalized spacial score (nSPS) is 44.0. The molecular weight excluding hydrogens is 336 g/mol. The van der Waals surface area contributed by atoms with Crippen LogP contribution in [0.4, 0.5) is 4.79 Å². The minimum atomic E-state index is -0.962. The molecule has 3 unspecified atom stereocenters. The van der Waals surface area contributed by atoms with Crippen LogP contribution in [0.3, 0.4) is 0 Å². The average molecular weight is 364 g/mol. The van der Waals surface area contributed by atoms with E-state index in [4.69, 9.17) is 9.47 Å². The lowest BCUT2D eigenvalue weighted by molar-refractivity contribution is -0.154.